The van der Waals surface area contributed by atoms with E-state index in [0.717, 1.165) is 11.1 Å². The van der Waals surface area contributed by atoms with E-state index in [0.29, 0.717) is 37.6 Å². The SMILES string of the molecule is Cc1cccc(-c2noc(CCC(=O)N3CC[C@H](CS(N)(=O)=O)C3)n2)c1. The van der Waals surface area contributed by atoms with Crippen molar-refractivity contribution in [2.24, 2.45) is 11.1 Å². The normalized spacial score (nSPS) is 17.6. The molecule has 1 aromatic heterocycles. The second kappa shape index (κ2) is 7.55. The minimum absolute atomic E-state index is 0.0442. The fourth-order valence-corrected chi connectivity index (χ4v) is 4.08. The molecule has 0 radical (unpaired) electrons. The van der Waals surface area contributed by atoms with Crippen molar-refractivity contribution in [1.82, 2.24) is 15.0 Å². The first kappa shape index (κ1) is 18.5. The lowest BCUT2D eigenvalue weighted by atomic mass is 10.1. The van der Waals surface area contributed by atoms with E-state index in [9.17, 15) is 13.2 Å². The Morgan fingerprint density at radius 1 is 1.42 bits per heavy atom. The van der Waals surface area contributed by atoms with Crippen LogP contribution >= 0.6 is 0 Å². The molecular weight excluding hydrogens is 356 g/mol. The molecule has 2 N–H and O–H groups in total. The van der Waals surface area contributed by atoms with Crippen LogP contribution in [0.2, 0.25) is 0 Å². The average molecular weight is 378 g/mol. The molecule has 2 heterocycles. The van der Waals surface area contributed by atoms with E-state index in [-0.39, 0.29) is 24.0 Å². The van der Waals surface area contributed by atoms with Crippen molar-refractivity contribution in [2.75, 3.05) is 18.8 Å². The Labute approximate surface area is 152 Å². The maximum Gasteiger partial charge on any atom is 0.227 e. The molecule has 1 amide bonds. The van der Waals surface area contributed by atoms with Crippen LogP contribution in [-0.2, 0) is 21.2 Å². The van der Waals surface area contributed by atoms with Gasteiger partial charge in [-0.2, -0.15) is 4.98 Å². The highest BCUT2D eigenvalue weighted by molar-refractivity contribution is 7.89. The number of hydrogen-bond donors (Lipinski definition) is 1. The summed E-state index contributed by atoms with van der Waals surface area (Å²) < 4.78 is 27.6. The fourth-order valence-electron chi connectivity index (χ4n) is 3.15. The number of aryl methyl sites for hydroxylation is 2. The van der Waals surface area contributed by atoms with Crippen LogP contribution in [0, 0.1) is 12.8 Å². The Balaban J connectivity index is 1.53. The van der Waals surface area contributed by atoms with Gasteiger partial charge >= 0.3 is 0 Å². The first-order chi connectivity index (χ1) is 12.3. The molecule has 26 heavy (non-hydrogen) atoms. The van der Waals surface area contributed by atoms with Gasteiger partial charge in [-0.15, -0.1) is 0 Å². The zero-order chi connectivity index (χ0) is 18.7. The molecular formula is C17H22N4O4S. The quantitative estimate of drug-likeness (QED) is 0.804. The van der Waals surface area contributed by atoms with Gasteiger partial charge in [0.15, 0.2) is 0 Å². The molecule has 140 valence electrons. The van der Waals surface area contributed by atoms with Crippen LogP contribution in [-0.4, -0.2) is 48.2 Å². The predicted octanol–water partition coefficient (Wildman–Crippen LogP) is 1.11. The van der Waals surface area contributed by atoms with E-state index in [2.05, 4.69) is 10.1 Å². The van der Waals surface area contributed by atoms with E-state index < -0.39 is 10.0 Å². The summed E-state index contributed by atoms with van der Waals surface area (Å²) in [6, 6.07) is 7.79. The molecule has 1 fully saturated rings. The van der Waals surface area contributed by atoms with Gasteiger partial charge in [-0.3, -0.25) is 4.79 Å². The molecule has 0 aliphatic carbocycles. The van der Waals surface area contributed by atoms with E-state index >= 15 is 0 Å². The summed E-state index contributed by atoms with van der Waals surface area (Å²) >= 11 is 0. The van der Waals surface area contributed by atoms with Gasteiger partial charge in [0.05, 0.1) is 5.75 Å². The highest BCUT2D eigenvalue weighted by Crippen LogP contribution is 2.20. The molecule has 0 spiro atoms. The summed E-state index contributed by atoms with van der Waals surface area (Å²) in [4.78, 5) is 18.3. The second-order valence-corrected chi connectivity index (χ2v) is 8.36. The minimum Gasteiger partial charge on any atom is -0.342 e. The van der Waals surface area contributed by atoms with Crippen molar-refractivity contribution >= 4 is 15.9 Å². The Morgan fingerprint density at radius 3 is 2.96 bits per heavy atom. The van der Waals surface area contributed by atoms with Gasteiger partial charge in [0.2, 0.25) is 27.6 Å². The third-order valence-electron chi connectivity index (χ3n) is 4.40. The number of amides is 1. The van der Waals surface area contributed by atoms with Crippen molar-refractivity contribution in [3.63, 3.8) is 0 Å². The molecule has 9 heteroatoms. The number of aromatic nitrogens is 2. The first-order valence-electron chi connectivity index (χ1n) is 8.48. The monoisotopic (exact) mass is 378 g/mol. The first-order valence-corrected chi connectivity index (χ1v) is 10.2. The number of likely N-dealkylation sites (tertiary alicyclic amines) is 1. The number of nitrogens with two attached hydrogens (primary N) is 1. The summed E-state index contributed by atoms with van der Waals surface area (Å²) in [5, 5.41) is 9.04. The largest absolute Gasteiger partial charge is 0.342 e. The van der Waals surface area contributed by atoms with Gasteiger partial charge in [-0.1, -0.05) is 28.9 Å². The minimum atomic E-state index is -3.51. The maximum absolute atomic E-state index is 12.3. The molecule has 2 aromatic rings. The van der Waals surface area contributed by atoms with Gasteiger partial charge in [-0.05, 0) is 25.3 Å². The zero-order valence-corrected chi connectivity index (χ0v) is 15.4. The average Bonchev–Trinajstić information content (AvgIpc) is 3.20. The lowest BCUT2D eigenvalue weighted by molar-refractivity contribution is -0.130. The molecule has 1 aliphatic heterocycles. The number of nitrogens with zero attached hydrogens (tertiary/aromatic N) is 3. The van der Waals surface area contributed by atoms with Crippen molar-refractivity contribution in [3.8, 4) is 11.4 Å². The lowest BCUT2D eigenvalue weighted by Crippen LogP contribution is -2.31. The van der Waals surface area contributed by atoms with Crippen molar-refractivity contribution in [1.29, 1.82) is 0 Å². The number of carbonyl (C=O) groups is 1. The highest BCUT2D eigenvalue weighted by Gasteiger charge is 2.28. The van der Waals surface area contributed by atoms with Crippen LogP contribution in [0.3, 0.4) is 0 Å². The van der Waals surface area contributed by atoms with Gasteiger partial charge in [0, 0.05) is 31.5 Å². The Bertz CT molecular complexity index is 894. The summed E-state index contributed by atoms with van der Waals surface area (Å²) in [5.41, 5.74) is 1.98. The number of sulfonamides is 1. The second-order valence-electron chi connectivity index (χ2n) is 6.71. The molecule has 1 saturated heterocycles. The van der Waals surface area contributed by atoms with Crippen molar-refractivity contribution in [2.45, 2.75) is 26.2 Å². The van der Waals surface area contributed by atoms with E-state index in [1.807, 2.05) is 31.2 Å². The van der Waals surface area contributed by atoms with Crippen LogP contribution in [0.25, 0.3) is 11.4 Å². The smallest absolute Gasteiger partial charge is 0.227 e. The predicted molar refractivity (Wildman–Crippen MR) is 95.5 cm³/mol. The number of carbonyl (C=O) groups excluding carboxylic acids is 1. The van der Waals surface area contributed by atoms with Crippen molar-refractivity contribution < 1.29 is 17.7 Å². The molecule has 0 bridgehead atoms. The summed E-state index contributed by atoms with van der Waals surface area (Å²) in [6.45, 7) is 2.97. The van der Waals surface area contributed by atoms with Gasteiger partial charge < -0.3 is 9.42 Å². The van der Waals surface area contributed by atoms with Crippen LogP contribution in [0.5, 0.6) is 0 Å². The van der Waals surface area contributed by atoms with Gasteiger partial charge in [0.1, 0.15) is 0 Å². The Kier molecular flexibility index (Phi) is 5.38. The van der Waals surface area contributed by atoms with E-state index in [1.54, 1.807) is 4.90 Å². The Morgan fingerprint density at radius 2 is 2.23 bits per heavy atom. The zero-order valence-electron chi connectivity index (χ0n) is 14.6. The third kappa shape index (κ3) is 4.89. The van der Waals surface area contributed by atoms with Crippen LogP contribution < -0.4 is 5.14 Å². The third-order valence-corrected chi connectivity index (χ3v) is 5.34. The van der Waals surface area contributed by atoms with Gasteiger partial charge in [-0.25, -0.2) is 13.6 Å². The van der Waals surface area contributed by atoms with Crippen molar-refractivity contribution in [3.05, 3.63) is 35.7 Å². The number of primary sulfonamides is 1. The molecule has 1 atom stereocenters. The Hall–Kier alpha value is -2.26. The summed E-state index contributed by atoms with van der Waals surface area (Å²) in [5.74, 6) is 0.698. The highest BCUT2D eigenvalue weighted by atomic mass is 32.2. The van der Waals surface area contributed by atoms with Crippen LogP contribution in [0.4, 0.5) is 0 Å². The molecule has 0 saturated carbocycles. The number of hydrogen-bond acceptors (Lipinski definition) is 6. The van der Waals surface area contributed by atoms with Crippen LogP contribution in [0.1, 0.15) is 24.3 Å². The number of rotatable bonds is 6. The van der Waals surface area contributed by atoms with E-state index in [1.165, 1.54) is 0 Å². The molecule has 8 nitrogen and oxygen atoms in total. The molecule has 1 aromatic carbocycles. The lowest BCUT2D eigenvalue weighted by Gasteiger charge is -2.15. The molecule has 1 aliphatic rings. The summed E-state index contributed by atoms with van der Waals surface area (Å²) in [6.07, 6.45) is 1.26. The fraction of sp³-hybridized carbons (Fsp3) is 0.471. The maximum atomic E-state index is 12.3. The molecule has 3 rings (SSSR count). The number of benzene rings is 1. The van der Waals surface area contributed by atoms with Gasteiger partial charge in [0.25, 0.3) is 0 Å². The summed E-state index contributed by atoms with van der Waals surface area (Å²) in [7, 11) is -3.51. The standard InChI is InChI=1S/C17H22N4O4S/c1-12-3-2-4-14(9-12)17-19-15(25-20-17)5-6-16(22)21-8-7-13(10-21)11-26(18,23)24/h2-4,9,13H,5-8,10-11H2,1H3,(H2,18,23,24)/t13-/m0/s1. The van der Waals surface area contributed by atoms with Crippen LogP contribution in [0.15, 0.2) is 28.8 Å². The van der Waals surface area contributed by atoms with E-state index in [4.69, 9.17) is 9.66 Å². The molecule has 0 unspecified atom stereocenters. The topological polar surface area (TPSA) is 119 Å².